The van der Waals surface area contributed by atoms with Crippen LogP contribution in [0.3, 0.4) is 0 Å². The molecule has 0 spiro atoms. The van der Waals surface area contributed by atoms with E-state index in [9.17, 15) is 9.59 Å². The normalized spacial score (nSPS) is 19.5. The van der Waals surface area contributed by atoms with Crippen LogP contribution in [-0.2, 0) is 10.2 Å². The van der Waals surface area contributed by atoms with Gasteiger partial charge in [0.25, 0.3) is 5.56 Å². The maximum Gasteiger partial charge on any atom is 0.277 e. The number of Topliss-reactive ketones (excluding diaryl/α,β-unsaturated/α-hetero) is 1. The molecule has 0 radical (unpaired) electrons. The standard InChI is InChI=1S/C29H33N3O2/c1-17-14-18(28(2,3)4)12-13-20(17)23-24-21(15-29(5,6)16-22(24)33)30-26-25(23)27(34)32(31-26)19-10-8-7-9-11-19/h7-14,23,30-31H,15-16H2,1-6H3/t23-/m1/s1. The minimum Gasteiger partial charge on any atom is -0.343 e. The minimum absolute atomic E-state index is 0.0196. The highest BCUT2D eigenvalue weighted by atomic mass is 16.1. The fourth-order valence-electron chi connectivity index (χ4n) is 5.43. The molecule has 5 rings (SSSR count). The van der Waals surface area contributed by atoms with Crippen molar-refractivity contribution in [1.29, 1.82) is 0 Å². The SMILES string of the molecule is Cc1cc(C(C)(C)C)ccc1[C@@H]1C2=C(CC(C)(C)CC2=O)Nc2[nH]n(-c3ccccc3)c(=O)c21. The number of aryl methyl sites for hydroxylation is 1. The molecule has 176 valence electrons. The largest absolute Gasteiger partial charge is 0.343 e. The van der Waals surface area contributed by atoms with Crippen LogP contribution in [0.15, 0.2) is 64.6 Å². The van der Waals surface area contributed by atoms with E-state index in [4.69, 9.17) is 0 Å². The van der Waals surface area contributed by atoms with Gasteiger partial charge in [0, 0.05) is 23.6 Å². The molecule has 3 aromatic rings. The van der Waals surface area contributed by atoms with Crippen molar-refractivity contribution in [2.45, 2.75) is 65.7 Å². The predicted molar refractivity (Wildman–Crippen MR) is 137 cm³/mol. The van der Waals surface area contributed by atoms with Crippen LogP contribution in [0.5, 0.6) is 0 Å². The highest BCUT2D eigenvalue weighted by Gasteiger charge is 2.43. The highest BCUT2D eigenvalue weighted by molar-refractivity contribution is 6.01. The van der Waals surface area contributed by atoms with Crippen LogP contribution in [0.4, 0.5) is 5.82 Å². The Balaban J connectivity index is 1.75. The summed E-state index contributed by atoms with van der Waals surface area (Å²) in [6, 6.07) is 16.0. The van der Waals surface area contributed by atoms with E-state index in [1.54, 1.807) is 4.68 Å². The van der Waals surface area contributed by atoms with E-state index in [2.05, 4.69) is 70.2 Å². The Hall–Kier alpha value is -3.34. The lowest BCUT2D eigenvalue weighted by Crippen LogP contribution is -2.35. The summed E-state index contributed by atoms with van der Waals surface area (Å²) >= 11 is 0. The van der Waals surface area contributed by atoms with Crippen molar-refractivity contribution >= 4 is 11.6 Å². The van der Waals surface area contributed by atoms with Gasteiger partial charge in [-0.3, -0.25) is 14.7 Å². The molecule has 1 aliphatic carbocycles. The quantitative estimate of drug-likeness (QED) is 0.500. The summed E-state index contributed by atoms with van der Waals surface area (Å²) in [5.41, 5.74) is 6.19. The number of benzene rings is 2. The smallest absolute Gasteiger partial charge is 0.277 e. The number of hydrogen-bond acceptors (Lipinski definition) is 3. The van der Waals surface area contributed by atoms with Gasteiger partial charge in [0.05, 0.1) is 11.3 Å². The summed E-state index contributed by atoms with van der Waals surface area (Å²) in [5.74, 6) is 0.417. The van der Waals surface area contributed by atoms with E-state index < -0.39 is 5.92 Å². The Morgan fingerprint density at radius 1 is 1.00 bits per heavy atom. The van der Waals surface area contributed by atoms with Gasteiger partial charge in [-0.25, -0.2) is 4.68 Å². The molecule has 34 heavy (non-hydrogen) atoms. The number of aromatic nitrogens is 2. The zero-order valence-corrected chi connectivity index (χ0v) is 20.9. The molecule has 0 unspecified atom stereocenters. The number of anilines is 1. The van der Waals surface area contributed by atoms with Gasteiger partial charge in [0.15, 0.2) is 5.78 Å². The zero-order chi connectivity index (χ0) is 24.4. The third-order valence-corrected chi connectivity index (χ3v) is 7.16. The minimum atomic E-state index is -0.391. The molecule has 5 nitrogen and oxygen atoms in total. The van der Waals surface area contributed by atoms with Crippen molar-refractivity contribution in [2.24, 2.45) is 5.41 Å². The second-order valence-electron chi connectivity index (χ2n) is 11.6. The van der Waals surface area contributed by atoms with Crippen molar-refractivity contribution in [1.82, 2.24) is 9.78 Å². The number of carbonyl (C=O) groups excluding carboxylic acids is 1. The summed E-state index contributed by atoms with van der Waals surface area (Å²) < 4.78 is 1.58. The molecule has 1 atom stereocenters. The fourth-order valence-corrected chi connectivity index (χ4v) is 5.43. The van der Waals surface area contributed by atoms with Gasteiger partial charge in [-0.1, -0.05) is 71.0 Å². The van der Waals surface area contributed by atoms with Gasteiger partial charge in [-0.2, -0.15) is 0 Å². The summed E-state index contributed by atoms with van der Waals surface area (Å²) in [5, 5.41) is 6.75. The number of allylic oxidation sites excluding steroid dienone is 2. The predicted octanol–water partition coefficient (Wildman–Crippen LogP) is 5.97. The fraction of sp³-hybridized carbons (Fsp3) is 0.379. The Labute approximate surface area is 200 Å². The first kappa shape index (κ1) is 22.5. The monoisotopic (exact) mass is 455 g/mol. The third kappa shape index (κ3) is 3.64. The number of hydrogen-bond donors (Lipinski definition) is 2. The first-order valence-electron chi connectivity index (χ1n) is 12.0. The van der Waals surface area contributed by atoms with Crippen LogP contribution < -0.4 is 10.9 Å². The summed E-state index contributed by atoms with van der Waals surface area (Å²) in [4.78, 5) is 27.3. The van der Waals surface area contributed by atoms with E-state index in [0.717, 1.165) is 34.5 Å². The average molecular weight is 456 g/mol. The lowest BCUT2D eigenvalue weighted by Gasteiger charge is -2.38. The third-order valence-electron chi connectivity index (χ3n) is 7.16. The molecule has 1 aliphatic heterocycles. The molecule has 0 saturated carbocycles. The first-order chi connectivity index (χ1) is 16.0. The van der Waals surface area contributed by atoms with Gasteiger partial charge in [0.2, 0.25) is 0 Å². The van der Waals surface area contributed by atoms with Crippen molar-refractivity contribution in [3.63, 3.8) is 0 Å². The maximum absolute atomic E-state index is 13.8. The zero-order valence-electron chi connectivity index (χ0n) is 20.9. The molecule has 5 heteroatoms. The van der Waals surface area contributed by atoms with Crippen molar-refractivity contribution in [3.8, 4) is 5.69 Å². The number of carbonyl (C=O) groups is 1. The molecule has 2 heterocycles. The number of rotatable bonds is 2. The topological polar surface area (TPSA) is 66.9 Å². The van der Waals surface area contributed by atoms with Gasteiger partial charge >= 0.3 is 0 Å². The number of ketones is 1. The highest BCUT2D eigenvalue weighted by Crippen LogP contribution is 2.48. The number of nitrogens with one attached hydrogen (secondary N) is 2. The first-order valence-corrected chi connectivity index (χ1v) is 12.0. The summed E-state index contributed by atoms with van der Waals surface area (Å²) in [7, 11) is 0. The Bertz CT molecular complexity index is 1380. The van der Waals surface area contributed by atoms with E-state index in [1.165, 1.54) is 5.56 Å². The average Bonchev–Trinajstić information content (AvgIpc) is 3.07. The van der Waals surface area contributed by atoms with Gasteiger partial charge < -0.3 is 5.32 Å². The molecular formula is C29H33N3O2. The lowest BCUT2D eigenvalue weighted by atomic mass is 9.68. The van der Waals surface area contributed by atoms with Crippen molar-refractivity contribution in [2.75, 3.05) is 5.32 Å². The maximum atomic E-state index is 13.8. The van der Waals surface area contributed by atoms with Crippen molar-refractivity contribution < 1.29 is 4.79 Å². The van der Waals surface area contributed by atoms with E-state index in [-0.39, 0.29) is 22.2 Å². The van der Waals surface area contributed by atoms with Crippen LogP contribution in [-0.4, -0.2) is 15.6 Å². The van der Waals surface area contributed by atoms with Gasteiger partial charge in [-0.05, 0) is 53.0 Å². The van der Waals surface area contributed by atoms with Crippen molar-refractivity contribution in [3.05, 3.63) is 92.4 Å². The van der Waals surface area contributed by atoms with Crippen LogP contribution in [0.2, 0.25) is 0 Å². The van der Waals surface area contributed by atoms with Crippen LogP contribution >= 0.6 is 0 Å². The number of fused-ring (bicyclic) bond motifs is 1. The number of H-pyrrole nitrogens is 1. The molecule has 0 fully saturated rings. The summed E-state index contributed by atoms with van der Waals surface area (Å²) in [6.07, 6.45) is 1.25. The summed E-state index contributed by atoms with van der Waals surface area (Å²) in [6.45, 7) is 12.9. The number of nitrogens with zero attached hydrogens (tertiary/aromatic N) is 1. The molecule has 0 bridgehead atoms. The number of para-hydroxylation sites is 1. The van der Waals surface area contributed by atoms with Crippen LogP contribution in [0.1, 0.15) is 75.6 Å². The van der Waals surface area contributed by atoms with Gasteiger partial charge in [0.1, 0.15) is 5.82 Å². The molecule has 0 amide bonds. The Morgan fingerprint density at radius 3 is 2.35 bits per heavy atom. The van der Waals surface area contributed by atoms with E-state index >= 15 is 0 Å². The van der Waals surface area contributed by atoms with E-state index in [1.807, 2.05) is 30.3 Å². The molecule has 2 N–H and O–H groups in total. The lowest BCUT2D eigenvalue weighted by molar-refractivity contribution is -0.118. The molecule has 2 aromatic carbocycles. The molecule has 0 saturated heterocycles. The Morgan fingerprint density at radius 2 is 1.71 bits per heavy atom. The molecular weight excluding hydrogens is 422 g/mol. The van der Waals surface area contributed by atoms with E-state index in [0.29, 0.717) is 17.8 Å². The number of aromatic amines is 1. The second-order valence-corrected chi connectivity index (χ2v) is 11.6. The van der Waals surface area contributed by atoms with Crippen LogP contribution in [0.25, 0.3) is 5.69 Å². The Kier molecular flexibility index (Phi) is 5.01. The van der Waals surface area contributed by atoms with Crippen LogP contribution in [0, 0.1) is 12.3 Å². The second kappa shape index (κ2) is 7.59. The van der Waals surface area contributed by atoms with Gasteiger partial charge in [-0.15, -0.1) is 0 Å². The molecule has 1 aromatic heterocycles. The molecule has 2 aliphatic rings.